The molecule has 0 spiro atoms. The molecule has 0 heterocycles. The van der Waals surface area contributed by atoms with Gasteiger partial charge < -0.3 is 0 Å². The van der Waals surface area contributed by atoms with Crippen molar-refractivity contribution in [2.75, 3.05) is 0 Å². The van der Waals surface area contributed by atoms with Crippen molar-refractivity contribution < 1.29 is 8.78 Å². The van der Waals surface area contributed by atoms with Gasteiger partial charge in [0.05, 0.1) is 21.8 Å². The van der Waals surface area contributed by atoms with Crippen LogP contribution in [0, 0.1) is 33.1 Å². The zero-order chi connectivity index (χ0) is 10.0. The Kier molecular flexibility index (Phi) is 2.79. The van der Waals surface area contributed by atoms with Crippen molar-refractivity contribution in [3.8, 4) is 6.07 Å². The minimum atomic E-state index is -1.20. The normalized spacial score (nSPS) is 9.00. The van der Waals surface area contributed by atoms with E-state index in [1.54, 1.807) is 6.07 Å². The van der Waals surface area contributed by atoms with E-state index >= 15 is 0 Å². The maximum atomic E-state index is 12.9. The molecule has 0 saturated heterocycles. The first kappa shape index (κ1) is 9.87. The van der Waals surface area contributed by atoms with E-state index in [1.165, 1.54) is 22.6 Å². The molecule has 0 N–H and O–H groups in total. The van der Waals surface area contributed by atoms with Crippen LogP contribution in [-0.4, -0.2) is 0 Å². The molecule has 0 aliphatic carbocycles. The highest BCUT2D eigenvalue weighted by atomic mass is 127. The highest BCUT2D eigenvalue weighted by molar-refractivity contribution is 14.1. The maximum Gasteiger partial charge on any atom is 0.226 e. The summed E-state index contributed by atoms with van der Waals surface area (Å²) >= 11 is 1.52. The number of hydrogen-bond donors (Lipinski definition) is 0. The average molecular weight is 290 g/mol. The molecule has 0 bridgehead atoms. The van der Waals surface area contributed by atoms with Gasteiger partial charge in [-0.3, -0.25) is 0 Å². The van der Waals surface area contributed by atoms with E-state index in [9.17, 15) is 8.78 Å². The van der Waals surface area contributed by atoms with Gasteiger partial charge in [-0.05, 0) is 28.7 Å². The molecule has 0 fully saturated rings. The zero-order valence-electron chi connectivity index (χ0n) is 6.11. The summed E-state index contributed by atoms with van der Waals surface area (Å²) in [6, 6.07) is 2.72. The Labute approximate surface area is 86.7 Å². The Balaban J connectivity index is 3.60. The van der Waals surface area contributed by atoms with E-state index < -0.39 is 17.3 Å². The second-order valence-electron chi connectivity index (χ2n) is 2.11. The lowest BCUT2D eigenvalue weighted by Crippen LogP contribution is -1.93. The van der Waals surface area contributed by atoms with Crippen LogP contribution in [0.5, 0.6) is 0 Å². The van der Waals surface area contributed by atoms with Gasteiger partial charge in [-0.25, -0.2) is 13.6 Å². The van der Waals surface area contributed by atoms with Crippen molar-refractivity contribution in [2.24, 2.45) is 0 Å². The van der Waals surface area contributed by atoms with Gasteiger partial charge in [0.25, 0.3) is 0 Å². The Morgan fingerprint density at radius 2 is 2.08 bits per heavy atom. The van der Waals surface area contributed by atoms with Gasteiger partial charge in [0.1, 0.15) is 0 Å². The van der Waals surface area contributed by atoms with Crippen LogP contribution in [-0.2, 0) is 0 Å². The number of rotatable bonds is 0. The molecule has 1 rings (SSSR count). The SMILES string of the molecule is [C-]#[N+]c1cc(C#N)c(I)c(F)c1F. The fraction of sp³-hybridized carbons (Fsp3) is 0. The smallest absolute Gasteiger partial charge is 0.226 e. The summed E-state index contributed by atoms with van der Waals surface area (Å²) in [6.07, 6.45) is 0. The second-order valence-corrected chi connectivity index (χ2v) is 3.19. The average Bonchev–Trinajstić information content (AvgIpc) is 2.15. The summed E-state index contributed by atoms with van der Waals surface area (Å²) in [5.41, 5.74) is -0.486. The van der Waals surface area contributed by atoms with Crippen LogP contribution >= 0.6 is 22.6 Å². The van der Waals surface area contributed by atoms with Crippen LogP contribution in [0.1, 0.15) is 5.56 Å². The van der Waals surface area contributed by atoms with Crippen LogP contribution in [0.4, 0.5) is 14.5 Å². The summed E-state index contributed by atoms with van der Waals surface area (Å²) in [5, 5.41) is 8.51. The molecule has 2 nitrogen and oxygen atoms in total. The first-order valence-electron chi connectivity index (χ1n) is 3.07. The lowest BCUT2D eigenvalue weighted by molar-refractivity contribution is 0.507. The van der Waals surface area contributed by atoms with Gasteiger partial charge in [0.15, 0.2) is 11.6 Å². The first-order chi connectivity index (χ1) is 6.11. The zero-order valence-corrected chi connectivity index (χ0v) is 8.26. The van der Waals surface area contributed by atoms with E-state index in [1.807, 2.05) is 0 Å². The molecule has 0 saturated carbocycles. The van der Waals surface area contributed by atoms with E-state index in [0.29, 0.717) is 0 Å². The molecule has 0 aromatic heterocycles. The molecule has 13 heavy (non-hydrogen) atoms. The van der Waals surface area contributed by atoms with Crippen LogP contribution in [0.15, 0.2) is 6.07 Å². The Morgan fingerprint density at radius 1 is 1.46 bits per heavy atom. The quantitative estimate of drug-likeness (QED) is 0.410. The highest BCUT2D eigenvalue weighted by Crippen LogP contribution is 2.27. The molecule has 0 radical (unpaired) electrons. The van der Waals surface area contributed by atoms with Gasteiger partial charge in [0.2, 0.25) is 5.69 Å². The lowest BCUT2D eigenvalue weighted by atomic mass is 10.2. The van der Waals surface area contributed by atoms with Crippen LogP contribution in [0.3, 0.4) is 0 Å². The number of benzene rings is 1. The van der Waals surface area contributed by atoms with Crippen LogP contribution in [0.2, 0.25) is 0 Å². The number of halogens is 3. The molecule has 64 valence electrons. The van der Waals surface area contributed by atoms with Crippen molar-refractivity contribution in [2.45, 2.75) is 0 Å². The second kappa shape index (κ2) is 3.67. The fourth-order valence-corrected chi connectivity index (χ4v) is 1.27. The van der Waals surface area contributed by atoms with E-state index in [2.05, 4.69) is 4.85 Å². The molecule has 1 aromatic rings. The number of hydrogen-bond acceptors (Lipinski definition) is 1. The molecule has 0 aliphatic rings. The van der Waals surface area contributed by atoms with Gasteiger partial charge >= 0.3 is 0 Å². The topological polar surface area (TPSA) is 28.1 Å². The van der Waals surface area contributed by atoms with Crippen molar-refractivity contribution >= 4 is 28.3 Å². The predicted octanol–water partition coefficient (Wildman–Crippen LogP) is 2.99. The minimum absolute atomic E-state index is 0.0227. The Bertz CT molecular complexity index is 405. The van der Waals surface area contributed by atoms with Gasteiger partial charge in [-0.1, -0.05) is 0 Å². The fourth-order valence-electron chi connectivity index (χ4n) is 0.753. The van der Waals surface area contributed by atoms with E-state index in [-0.39, 0.29) is 9.13 Å². The molecule has 5 heteroatoms. The summed E-state index contributed by atoms with van der Waals surface area (Å²) < 4.78 is 25.7. The Hall–Kier alpha value is -1.21. The minimum Gasteiger partial charge on any atom is -0.235 e. The van der Waals surface area contributed by atoms with Crippen molar-refractivity contribution in [1.29, 1.82) is 5.26 Å². The van der Waals surface area contributed by atoms with E-state index in [0.717, 1.165) is 6.07 Å². The maximum absolute atomic E-state index is 12.9. The van der Waals surface area contributed by atoms with E-state index in [4.69, 9.17) is 11.8 Å². The van der Waals surface area contributed by atoms with Crippen LogP contribution in [0.25, 0.3) is 4.85 Å². The summed E-state index contributed by atoms with van der Waals surface area (Å²) in [6.45, 7) is 6.53. The van der Waals surface area contributed by atoms with Crippen molar-refractivity contribution in [3.05, 3.63) is 38.3 Å². The molecule has 0 amide bonds. The van der Waals surface area contributed by atoms with Gasteiger partial charge in [-0.15, -0.1) is 0 Å². The third-order valence-electron chi connectivity index (χ3n) is 1.37. The monoisotopic (exact) mass is 290 g/mol. The molecule has 0 atom stereocenters. The lowest BCUT2D eigenvalue weighted by Gasteiger charge is -2.00. The molecule has 0 unspecified atom stereocenters. The summed E-state index contributed by atoms with van der Waals surface area (Å²) in [4.78, 5) is 2.76. The molecule has 1 aromatic carbocycles. The highest BCUT2D eigenvalue weighted by Gasteiger charge is 2.16. The van der Waals surface area contributed by atoms with Crippen molar-refractivity contribution in [3.63, 3.8) is 0 Å². The molecule has 0 aliphatic heterocycles. The first-order valence-corrected chi connectivity index (χ1v) is 4.14. The standard InChI is InChI=1S/C8HF2IN2/c1-13-5-2-4(3-12)8(11)7(10)6(5)9/h2H. The number of nitrogens with zero attached hydrogens (tertiary/aromatic N) is 2. The van der Waals surface area contributed by atoms with Gasteiger partial charge in [-0.2, -0.15) is 5.26 Å². The molecular weight excluding hydrogens is 289 g/mol. The summed E-state index contributed by atoms with van der Waals surface area (Å²) in [5.74, 6) is -2.33. The third kappa shape index (κ3) is 1.61. The third-order valence-corrected chi connectivity index (χ3v) is 2.42. The summed E-state index contributed by atoms with van der Waals surface area (Å²) in [7, 11) is 0. The number of nitriles is 1. The predicted molar refractivity (Wildman–Crippen MR) is 50.1 cm³/mol. The van der Waals surface area contributed by atoms with Crippen molar-refractivity contribution in [1.82, 2.24) is 0 Å². The van der Waals surface area contributed by atoms with Gasteiger partial charge in [0, 0.05) is 0 Å². The molecular formula is C8HF2IN2. The van der Waals surface area contributed by atoms with Crippen LogP contribution < -0.4 is 0 Å². The Morgan fingerprint density at radius 3 is 2.54 bits per heavy atom. The largest absolute Gasteiger partial charge is 0.235 e.